The van der Waals surface area contributed by atoms with Crippen LogP contribution in [0.25, 0.3) is 0 Å². The molecule has 0 bridgehead atoms. The number of hydrogen-bond acceptors (Lipinski definition) is 6. The number of nitrogens with one attached hydrogen (secondary N) is 1. The Morgan fingerprint density at radius 2 is 1.91 bits per heavy atom. The summed E-state index contributed by atoms with van der Waals surface area (Å²) >= 11 is 12.0. The van der Waals surface area contributed by atoms with Gasteiger partial charge in [-0.2, -0.15) is 15.4 Å². The van der Waals surface area contributed by atoms with Crippen molar-refractivity contribution >= 4 is 41.2 Å². The molecule has 3 unspecified atom stereocenters. The fourth-order valence-corrected chi connectivity index (χ4v) is 4.04. The van der Waals surface area contributed by atoms with Gasteiger partial charge in [0.25, 0.3) is 0 Å². The first-order valence-corrected chi connectivity index (χ1v) is 11.5. The molecular weight excluding hydrogens is 475 g/mol. The van der Waals surface area contributed by atoms with E-state index in [-0.39, 0.29) is 12.0 Å². The standard InChI is InChI=1S/C24H26Cl2N6O2/c1-16(31(2)24(33)34)21-14-32(30-23(21)18-5-9-20(26)10-6-18)22(13-28-15-27)29-12-11-17-3-7-19(25)8-4-17/h3-10,13,16,21-22,29H,11-12,14H2,1-2H3,(H,33,34)/b28-13-. The molecule has 1 amide bonds. The highest BCUT2D eigenvalue weighted by atomic mass is 35.5. The second-order valence-electron chi connectivity index (χ2n) is 8.01. The van der Waals surface area contributed by atoms with Crippen LogP contribution < -0.4 is 5.32 Å². The van der Waals surface area contributed by atoms with E-state index in [1.807, 2.05) is 48.3 Å². The molecule has 2 N–H and O–H groups in total. The monoisotopic (exact) mass is 500 g/mol. The Hall–Kier alpha value is -3.12. The SMILES string of the molecule is CC(C1CN(C(/C=N\C#N)NCCc2ccc(Cl)cc2)N=C1c1ccc(Cl)cc1)N(C)C(=O)O. The van der Waals surface area contributed by atoms with Gasteiger partial charge in [-0.1, -0.05) is 47.5 Å². The lowest BCUT2D eigenvalue weighted by atomic mass is 9.91. The first-order valence-electron chi connectivity index (χ1n) is 10.8. The maximum absolute atomic E-state index is 11.6. The third-order valence-electron chi connectivity index (χ3n) is 5.88. The highest BCUT2D eigenvalue weighted by Crippen LogP contribution is 2.27. The Morgan fingerprint density at radius 1 is 1.29 bits per heavy atom. The van der Waals surface area contributed by atoms with Crippen molar-refractivity contribution in [1.29, 1.82) is 5.26 Å². The predicted octanol–water partition coefficient (Wildman–Crippen LogP) is 4.34. The van der Waals surface area contributed by atoms with Crippen LogP contribution in [-0.2, 0) is 6.42 Å². The van der Waals surface area contributed by atoms with Gasteiger partial charge in [0.05, 0.1) is 11.9 Å². The van der Waals surface area contributed by atoms with Crippen LogP contribution in [0.4, 0.5) is 4.79 Å². The summed E-state index contributed by atoms with van der Waals surface area (Å²) < 4.78 is 0. The number of halogens is 2. The molecule has 0 saturated carbocycles. The minimum absolute atomic E-state index is 0.196. The minimum atomic E-state index is -1.01. The van der Waals surface area contributed by atoms with Crippen LogP contribution in [0.5, 0.6) is 0 Å². The van der Waals surface area contributed by atoms with Crippen molar-refractivity contribution in [2.24, 2.45) is 16.0 Å². The van der Waals surface area contributed by atoms with Gasteiger partial charge >= 0.3 is 6.09 Å². The summed E-state index contributed by atoms with van der Waals surface area (Å²) in [6, 6.07) is 14.6. The highest BCUT2D eigenvalue weighted by Gasteiger charge is 2.37. The summed E-state index contributed by atoms with van der Waals surface area (Å²) in [7, 11) is 1.55. The number of hydrazone groups is 1. The lowest BCUT2D eigenvalue weighted by Gasteiger charge is -2.30. The molecule has 0 aromatic heterocycles. The molecule has 2 aromatic rings. The molecule has 0 spiro atoms. The smallest absolute Gasteiger partial charge is 0.407 e. The Morgan fingerprint density at radius 3 is 2.50 bits per heavy atom. The van der Waals surface area contributed by atoms with E-state index in [0.29, 0.717) is 23.1 Å². The van der Waals surface area contributed by atoms with Crippen LogP contribution in [-0.4, -0.2) is 65.4 Å². The first-order chi connectivity index (χ1) is 16.3. The largest absolute Gasteiger partial charge is 0.465 e. The number of nitrogens with zero attached hydrogens (tertiary/aromatic N) is 5. The van der Waals surface area contributed by atoms with E-state index < -0.39 is 12.3 Å². The van der Waals surface area contributed by atoms with Crippen LogP contribution in [0, 0.1) is 17.4 Å². The second kappa shape index (κ2) is 11.8. The lowest BCUT2D eigenvalue weighted by Crippen LogP contribution is -2.47. The normalized spacial score (nSPS) is 17.3. The Bertz CT molecular complexity index is 1080. The first kappa shape index (κ1) is 25.5. The lowest BCUT2D eigenvalue weighted by molar-refractivity contribution is 0.127. The summed E-state index contributed by atoms with van der Waals surface area (Å²) in [4.78, 5) is 16.7. The minimum Gasteiger partial charge on any atom is -0.465 e. The number of benzene rings is 2. The van der Waals surface area contributed by atoms with Crippen molar-refractivity contribution < 1.29 is 9.90 Å². The molecule has 0 saturated heterocycles. The van der Waals surface area contributed by atoms with Gasteiger partial charge in [-0.25, -0.2) is 4.79 Å². The molecule has 178 valence electrons. The fraction of sp³-hybridized carbons (Fsp3) is 0.333. The summed E-state index contributed by atoms with van der Waals surface area (Å²) in [5.74, 6) is -0.196. The Balaban J connectivity index is 1.83. The van der Waals surface area contributed by atoms with Gasteiger partial charge < -0.3 is 10.0 Å². The number of rotatable bonds is 9. The fourth-order valence-electron chi connectivity index (χ4n) is 3.79. The van der Waals surface area contributed by atoms with Crippen molar-refractivity contribution in [1.82, 2.24) is 15.2 Å². The van der Waals surface area contributed by atoms with Crippen LogP contribution in [0.15, 0.2) is 58.6 Å². The quantitative estimate of drug-likeness (QED) is 0.393. The van der Waals surface area contributed by atoms with Crippen molar-refractivity contribution in [2.45, 2.75) is 25.6 Å². The molecule has 8 nitrogen and oxygen atoms in total. The topological polar surface area (TPSA) is 104 Å². The zero-order chi connectivity index (χ0) is 24.7. The average molecular weight is 501 g/mol. The summed E-state index contributed by atoms with van der Waals surface area (Å²) in [5.41, 5.74) is 2.74. The van der Waals surface area contributed by atoms with E-state index >= 15 is 0 Å². The molecule has 1 heterocycles. The highest BCUT2D eigenvalue weighted by molar-refractivity contribution is 6.30. The molecule has 0 fully saturated rings. The molecule has 10 heteroatoms. The van der Waals surface area contributed by atoms with Crippen molar-refractivity contribution in [3.05, 3.63) is 69.7 Å². The maximum Gasteiger partial charge on any atom is 0.407 e. The van der Waals surface area contributed by atoms with Crippen LogP contribution in [0.3, 0.4) is 0 Å². The molecule has 0 aliphatic carbocycles. The summed E-state index contributed by atoms with van der Waals surface area (Å²) in [6.45, 7) is 2.92. The van der Waals surface area contributed by atoms with Gasteiger partial charge in [0.15, 0.2) is 0 Å². The van der Waals surface area contributed by atoms with Gasteiger partial charge in [-0.05, 0) is 48.7 Å². The van der Waals surface area contributed by atoms with E-state index in [4.69, 9.17) is 33.6 Å². The van der Waals surface area contributed by atoms with Gasteiger partial charge in [0.1, 0.15) is 6.17 Å². The second-order valence-corrected chi connectivity index (χ2v) is 8.88. The number of nitriles is 1. The third kappa shape index (κ3) is 6.48. The Kier molecular flexibility index (Phi) is 8.88. The van der Waals surface area contributed by atoms with Gasteiger partial charge in [0.2, 0.25) is 6.19 Å². The Labute approximate surface area is 209 Å². The summed E-state index contributed by atoms with van der Waals surface area (Å²) in [6.07, 6.45) is 2.60. The molecule has 0 radical (unpaired) electrons. The van der Waals surface area contributed by atoms with Gasteiger partial charge in [-0.15, -0.1) is 0 Å². The van der Waals surface area contributed by atoms with E-state index in [0.717, 1.165) is 23.3 Å². The van der Waals surface area contributed by atoms with Gasteiger partial charge in [0, 0.05) is 42.1 Å². The molecule has 3 atom stereocenters. The van der Waals surface area contributed by atoms with Crippen molar-refractivity contribution in [2.75, 3.05) is 20.1 Å². The van der Waals surface area contributed by atoms with Crippen LogP contribution in [0.2, 0.25) is 10.0 Å². The molecule has 3 rings (SSSR count). The van der Waals surface area contributed by atoms with Gasteiger partial charge in [-0.3, -0.25) is 10.3 Å². The van der Waals surface area contributed by atoms with Crippen molar-refractivity contribution in [3.63, 3.8) is 0 Å². The number of hydrogen-bond donors (Lipinski definition) is 2. The molecule has 34 heavy (non-hydrogen) atoms. The predicted molar refractivity (Wildman–Crippen MR) is 134 cm³/mol. The van der Waals surface area contributed by atoms with E-state index in [1.165, 1.54) is 11.1 Å². The zero-order valence-corrected chi connectivity index (χ0v) is 20.4. The van der Waals surface area contributed by atoms with E-state index in [1.54, 1.807) is 25.4 Å². The van der Waals surface area contributed by atoms with Crippen LogP contribution in [0.1, 0.15) is 18.1 Å². The third-order valence-corrected chi connectivity index (χ3v) is 6.39. The van der Waals surface area contributed by atoms with Crippen molar-refractivity contribution in [3.8, 4) is 6.19 Å². The average Bonchev–Trinajstić information content (AvgIpc) is 3.27. The van der Waals surface area contributed by atoms with Crippen LogP contribution >= 0.6 is 23.2 Å². The molecule has 1 aliphatic rings. The van der Waals surface area contributed by atoms with E-state index in [9.17, 15) is 9.90 Å². The molecular formula is C24H26Cl2N6O2. The molecule has 2 aromatic carbocycles. The maximum atomic E-state index is 11.6. The zero-order valence-electron chi connectivity index (χ0n) is 18.9. The number of amides is 1. The number of carbonyl (C=O) groups is 1. The summed E-state index contributed by atoms with van der Waals surface area (Å²) in [5, 5.41) is 29.8. The number of carboxylic acid groups (broad SMARTS) is 1. The molecule has 1 aliphatic heterocycles. The number of aliphatic imine (C=N–C) groups is 1. The van der Waals surface area contributed by atoms with E-state index in [2.05, 4.69) is 10.3 Å².